The molecular weight excluding hydrogens is 178 g/mol. The molecule has 0 unspecified atom stereocenters. The minimum atomic E-state index is 0.816. The number of rotatable bonds is 7. The lowest BCUT2D eigenvalue weighted by atomic mass is 10.2. The average molecular weight is 201 g/mol. The van der Waals surface area contributed by atoms with Crippen LogP contribution in [0.15, 0.2) is 0 Å². The van der Waals surface area contributed by atoms with Crippen molar-refractivity contribution in [1.29, 1.82) is 0 Å². The van der Waals surface area contributed by atoms with Gasteiger partial charge in [0.2, 0.25) is 0 Å². The summed E-state index contributed by atoms with van der Waals surface area (Å²) >= 11 is 4.24. The number of nitrogens with zero attached hydrogens (tertiary/aromatic N) is 1. The van der Waals surface area contributed by atoms with Crippen LogP contribution in [0.1, 0.15) is 39.5 Å². The highest BCUT2D eigenvalue weighted by atomic mass is 32.1. The van der Waals surface area contributed by atoms with Crippen LogP contribution >= 0.6 is 12.6 Å². The largest absolute Gasteiger partial charge is 0.300 e. The predicted molar refractivity (Wildman–Crippen MR) is 62.5 cm³/mol. The summed E-state index contributed by atoms with van der Waals surface area (Å²) in [4.78, 5) is 2.67. The molecule has 1 fully saturated rings. The summed E-state index contributed by atoms with van der Waals surface area (Å²) in [7, 11) is 0. The maximum Gasteiger partial charge on any atom is 0.00965 e. The summed E-state index contributed by atoms with van der Waals surface area (Å²) in [6.45, 7) is 7.21. The Bertz CT molecular complexity index is 132. The summed E-state index contributed by atoms with van der Waals surface area (Å²) in [5, 5.41) is 0. The van der Waals surface area contributed by atoms with E-state index in [4.69, 9.17) is 0 Å². The molecule has 0 aromatic rings. The molecule has 0 amide bonds. The summed E-state index contributed by atoms with van der Waals surface area (Å²) < 4.78 is 0. The van der Waals surface area contributed by atoms with Gasteiger partial charge in [0.1, 0.15) is 0 Å². The van der Waals surface area contributed by atoms with E-state index < -0.39 is 0 Å². The Morgan fingerprint density at radius 2 is 2.00 bits per heavy atom. The van der Waals surface area contributed by atoms with Gasteiger partial charge >= 0.3 is 0 Å². The Labute approximate surface area is 88.3 Å². The Morgan fingerprint density at radius 3 is 2.46 bits per heavy atom. The Hall–Kier alpha value is 0.310. The molecule has 0 aromatic heterocycles. The molecule has 0 N–H and O–H groups in total. The van der Waals surface area contributed by atoms with E-state index in [1.165, 1.54) is 38.8 Å². The van der Waals surface area contributed by atoms with Gasteiger partial charge in [-0.3, -0.25) is 0 Å². The van der Waals surface area contributed by atoms with Crippen molar-refractivity contribution in [2.45, 2.75) is 45.6 Å². The molecule has 0 saturated heterocycles. The van der Waals surface area contributed by atoms with E-state index in [1.54, 1.807) is 0 Å². The van der Waals surface area contributed by atoms with E-state index in [0.29, 0.717) is 0 Å². The van der Waals surface area contributed by atoms with E-state index >= 15 is 0 Å². The average Bonchev–Trinajstić information content (AvgIpc) is 2.84. The molecular formula is C11H23NS. The fourth-order valence-electron chi connectivity index (χ4n) is 1.76. The van der Waals surface area contributed by atoms with Crippen molar-refractivity contribution >= 4 is 12.6 Å². The molecule has 0 atom stereocenters. The fraction of sp³-hybridized carbons (Fsp3) is 1.00. The van der Waals surface area contributed by atoms with E-state index in [-0.39, 0.29) is 0 Å². The highest BCUT2D eigenvalue weighted by Crippen LogP contribution is 2.27. The Kier molecular flexibility index (Phi) is 5.18. The van der Waals surface area contributed by atoms with Crippen LogP contribution in [0, 0.1) is 5.92 Å². The smallest absolute Gasteiger partial charge is 0.00965 e. The van der Waals surface area contributed by atoms with Crippen LogP contribution in [-0.4, -0.2) is 29.8 Å². The third kappa shape index (κ3) is 4.92. The van der Waals surface area contributed by atoms with Gasteiger partial charge in [-0.15, -0.1) is 0 Å². The van der Waals surface area contributed by atoms with E-state index in [0.717, 1.165) is 17.7 Å². The van der Waals surface area contributed by atoms with Gasteiger partial charge in [-0.05, 0) is 43.9 Å². The minimum Gasteiger partial charge on any atom is -0.300 e. The Morgan fingerprint density at radius 1 is 1.31 bits per heavy atom. The van der Waals surface area contributed by atoms with Crippen molar-refractivity contribution in [3.8, 4) is 0 Å². The second-order valence-electron chi connectivity index (χ2n) is 4.55. The van der Waals surface area contributed by atoms with Crippen molar-refractivity contribution in [2.24, 2.45) is 5.92 Å². The molecule has 0 bridgehead atoms. The highest BCUT2D eigenvalue weighted by Gasteiger charge is 2.28. The van der Waals surface area contributed by atoms with Crippen molar-refractivity contribution in [1.82, 2.24) is 4.90 Å². The summed E-state index contributed by atoms with van der Waals surface area (Å²) in [5.74, 6) is 1.86. The number of hydrogen-bond donors (Lipinski definition) is 1. The van der Waals surface area contributed by atoms with Gasteiger partial charge in [-0.2, -0.15) is 12.6 Å². The fourth-order valence-corrected chi connectivity index (χ4v) is 1.98. The van der Waals surface area contributed by atoms with E-state index in [9.17, 15) is 0 Å². The molecule has 78 valence electrons. The topological polar surface area (TPSA) is 3.24 Å². The maximum absolute atomic E-state index is 4.24. The molecule has 0 aromatic carbocycles. The molecule has 0 aliphatic heterocycles. The molecule has 0 radical (unpaired) electrons. The monoisotopic (exact) mass is 201 g/mol. The molecule has 1 aliphatic rings. The molecule has 1 aliphatic carbocycles. The van der Waals surface area contributed by atoms with Gasteiger partial charge in [0, 0.05) is 12.6 Å². The van der Waals surface area contributed by atoms with Gasteiger partial charge < -0.3 is 4.90 Å². The second-order valence-corrected chi connectivity index (χ2v) is 5.00. The summed E-state index contributed by atoms with van der Waals surface area (Å²) in [6, 6.07) is 0.933. The van der Waals surface area contributed by atoms with Gasteiger partial charge in [0.15, 0.2) is 0 Å². The van der Waals surface area contributed by atoms with Gasteiger partial charge in [-0.1, -0.05) is 13.8 Å². The predicted octanol–water partition coefficient (Wildman–Crippen LogP) is 2.82. The minimum absolute atomic E-state index is 0.816. The van der Waals surface area contributed by atoms with Gasteiger partial charge in [0.25, 0.3) is 0 Å². The van der Waals surface area contributed by atoms with Gasteiger partial charge in [0.05, 0.1) is 0 Å². The maximum atomic E-state index is 4.24. The standard InChI is InChI=1S/C11H23NS/c1-10(2)9-12(11-5-6-11)7-3-4-8-13/h10-11,13H,3-9H2,1-2H3. The second kappa shape index (κ2) is 5.92. The van der Waals surface area contributed by atoms with E-state index in [1.807, 2.05) is 0 Å². The van der Waals surface area contributed by atoms with Crippen molar-refractivity contribution in [3.05, 3.63) is 0 Å². The number of unbranched alkanes of at least 4 members (excludes halogenated alkanes) is 1. The summed E-state index contributed by atoms with van der Waals surface area (Å²) in [6.07, 6.45) is 5.47. The van der Waals surface area contributed by atoms with Crippen LogP contribution < -0.4 is 0 Å². The molecule has 1 rings (SSSR count). The van der Waals surface area contributed by atoms with Crippen LogP contribution in [0.5, 0.6) is 0 Å². The lowest BCUT2D eigenvalue weighted by Gasteiger charge is -2.23. The first-order chi connectivity index (χ1) is 6.24. The SMILES string of the molecule is CC(C)CN(CCCCS)C1CC1. The van der Waals surface area contributed by atoms with Gasteiger partial charge in [-0.25, -0.2) is 0 Å². The van der Waals surface area contributed by atoms with Crippen molar-refractivity contribution < 1.29 is 0 Å². The number of thiol groups is 1. The molecule has 0 spiro atoms. The third-order valence-electron chi connectivity index (χ3n) is 2.52. The zero-order chi connectivity index (χ0) is 9.68. The first-order valence-corrected chi connectivity index (χ1v) is 6.22. The molecule has 0 heterocycles. The van der Waals surface area contributed by atoms with Crippen LogP contribution in [0.3, 0.4) is 0 Å². The lowest BCUT2D eigenvalue weighted by Crippen LogP contribution is -2.31. The van der Waals surface area contributed by atoms with Crippen LogP contribution in [-0.2, 0) is 0 Å². The third-order valence-corrected chi connectivity index (χ3v) is 2.83. The Balaban J connectivity index is 2.13. The lowest BCUT2D eigenvalue weighted by molar-refractivity contribution is 0.231. The zero-order valence-corrected chi connectivity index (χ0v) is 9.89. The van der Waals surface area contributed by atoms with Crippen LogP contribution in [0.2, 0.25) is 0 Å². The molecule has 13 heavy (non-hydrogen) atoms. The van der Waals surface area contributed by atoms with E-state index in [2.05, 4.69) is 31.4 Å². The first-order valence-electron chi connectivity index (χ1n) is 5.59. The van der Waals surface area contributed by atoms with Crippen LogP contribution in [0.4, 0.5) is 0 Å². The molecule has 1 nitrogen and oxygen atoms in total. The molecule has 1 saturated carbocycles. The van der Waals surface area contributed by atoms with Crippen LogP contribution in [0.25, 0.3) is 0 Å². The normalized spacial score (nSPS) is 17.3. The van der Waals surface area contributed by atoms with Crippen molar-refractivity contribution in [2.75, 3.05) is 18.8 Å². The quantitative estimate of drug-likeness (QED) is 0.490. The summed E-state index contributed by atoms with van der Waals surface area (Å²) in [5.41, 5.74) is 0. The first kappa shape index (κ1) is 11.4. The van der Waals surface area contributed by atoms with Crippen molar-refractivity contribution in [3.63, 3.8) is 0 Å². The highest BCUT2D eigenvalue weighted by molar-refractivity contribution is 7.80. The zero-order valence-electron chi connectivity index (χ0n) is 9.00. The molecule has 2 heteroatoms. The number of hydrogen-bond acceptors (Lipinski definition) is 2.